The molecule has 0 spiro atoms. The first-order valence-corrected chi connectivity index (χ1v) is 6.29. The molecular weight excluding hydrogens is 214 g/mol. The van der Waals surface area contributed by atoms with E-state index in [2.05, 4.69) is 0 Å². The van der Waals surface area contributed by atoms with Gasteiger partial charge in [0.25, 0.3) is 0 Å². The number of thioether (sulfide) groups is 1. The van der Waals surface area contributed by atoms with Crippen LogP contribution in [0.4, 0.5) is 0 Å². The highest BCUT2D eigenvalue weighted by Crippen LogP contribution is 2.23. The number of hydrogen-bond acceptors (Lipinski definition) is 4. The van der Waals surface area contributed by atoms with Gasteiger partial charge in [0.05, 0.1) is 6.10 Å². The molecule has 1 saturated heterocycles. The molecule has 0 aromatic heterocycles. The van der Waals surface area contributed by atoms with Gasteiger partial charge in [0.1, 0.15) is 0 Å². The van der Waals surface area contributed by atoms with Gasteiger partial charge in [-0.05, 0) is 26.7 Å². The second-order valence-corrected chi connectivity index (χ2v) is 5.70. The van der Waals surface area contributed by atoms with Gasteiger partial charge >= 0.3 is 5.97 Å². The molecule has 0 aliphatic carbocycles. The molecule has 5 heteroatoms. The van der Waals surface area contributed by atoms with E-state index in [1.54, 1.807) is 11.8 Å². The Kier molecular flexibility index (Phi) is 4.43. The summed E-state index contributed by atoms with van der Waals surface area (Å²) < 4.78 is 5.38. The summed E-state index contributed by atoms with van der Waals surface area (Å²) in [6.07, 6.45) is 0.960. The highest BCUT2D eigenvalue weighted by molar-refractivity contribution is 7.99. The van der Waals surface area contributed by atoms with Crippen LogP contribution >= 0.6 is 11.8 Å². The lowest BCUT2D eigenvalue weighted by Crippen LogP contribution is -2.35. The van der Waals surface area contributed by atoms with Crippen molar-refractivity contribution in [2.45, 2.75) is 44.4 Å². The molecule has 0 aromatic rings. The third-order valence-corrected chi connectivity index (χ3v) is 3.72. The van der Waals surface area contributed by atoms with Crippen LogP contribution in [0.1, 0.15) is 26.7 Å². The lowest BCUT2D eigenvalue weighted by atomic mass is 10.1. The van der Waals surface area contributed by atoms with Crippen LogP contribution in [0, 0.1) is 0 Å². The normalized spacial score (nSPS) is 26.9. The molecule has 2 atom stereocenters. The van der Waals surface area contributed by atoms with Gasteiger partial charge in [-0.15, -0.1) is 0 Å². The molecule has 88 valence electrons. The van der Waals surface area contributed by atoms with E-state index in [0.717, 1.165) is 17.9 Å². The van der Waals surface area contributed by atoms with Crippen molar-refractivity contribution < 1.29 is 14.6 Å². The van der Waals surface area contributed by atoms with Crippen molar-refractivity contribution in [2.75, 3.05) is 11.5 Å². The molecule has 0 aromatic carbocycles. The first-order chi connectivity index (χ1) is 6.88. The molecule has 1 fully saturated rings. The Balaban J connectivity index is 2.17. The van der Waals surface area contributed by atoms with Crippen molar-refractivity contribution in [1.29, 1.82) is 0 Å². The third kappa shape index (κ3) is 4.86. The molecule has 2 unspecified atom stereocenters. The molecule has 1 aliphatic rings. The molecule has 0 radical (unpaired) electrons. The van der Waals surface area contributed by atoms with Crippen molar-refractivity contribution in [3.63, 3.8) is 0 Å². The summed E-state index contributed by atoms with van der Waals surface area (Å²) in [5.74, 6) is 0.858. The van der Waals surface area contributed by atoms with E-state index in [4.69, 9.17) is 15.6 Å². The summed E-state index contributed by atoms with van der Waals surface area (Å²) in [4.78, 5) is 10.6. The van der Waals surface area contributed by atoms with Gasteiger partial charge in [-0.2, -0.15) is 11.8 Å². The minimum atomic E-state index is -0.846. The number of rotatable bonds is 5. The molecule has 1 heterocycles. The van der Waals surface area contributed by atoms with Crippen LogP contribution in [0.2, 0.25) is 0 Å². The predicted octanol–water partition coefficient (Wildman–Crippen LogP) is 1.09. The van der Waals surface area contributed by atoms with Gasteiger partial charge < -0.3 is 15.6 Å². The van der Waals surface area contributed by atoms with Crippen LogP contribution in [-0.4, -0.2) is 40.3 Å². The Labute approximate surface area is 94.6 Å². The molecular formula is C10H19NO3S. The van der Waals surface area contributed by atoms with Gasteiger partial charge in [-0.1, -0.05) is 0 Å². The maximum atomic E-state index is 10.6. The largest absolute Gasteiger partial charge is 0.479 e. The summed E-state index contributed by atoms with van der Waals surface area (Å²) in [5, 5.41) is 8.73. The Morgan fingerprint density at radius 1 is 1.60 bits per heavy atom. The number of carboxylic acids is 1. The second-order valence-electron chi connectivity index (χ2n) is 4.67. The van der Waals surface area contributed by atoms with Crippen molar-refractivity contribution in [3.05, 3.63) is 0 Å². The topological polar surface area (TPSA) is 72.6 Å². The average molecular weight is 233 g/mol. The van der Waals surface area contributed by atoms with Crippen molar-refractivity contribution in [1.82, 2.24) is 0 Å². The Morgan fingerprint density at radius 2 is 2.27 bits per heavy atom. The molecule has 0 amide bonds. The number of hydrogen-bond donors (Lipinski definition) is 2. The van der Waals surface area contributed by atoms with E-state index in [-0.39, 0.29) is 11.6 Å². The highest BCUT2D eigenvalue weighted by atomic mass is 32.2. The first-order valence-electron chi connectivity index (χ1n) is 5.13. The number of nitrogens with two attached hydrogens (primary N) is 1. The standard InChI is InChI=1S/C10H19NO3S/c1-10(2,11)6-15-5-7-3-4-8(14-7)9(12)13/h7-8H,3-6,11H2,1-2H3,(H,12,13). The number of carbonyl (C=O) groups is 1. The fourth-order valence-electron chi connectivity index (χ4n) is 1.46. The van der Waals surface area contributed by atoms with Crippen LogP contribution in [0.15, 0.2) is 0 Å². The van der Waals surface area contributed by atoms with E-state index >= 15 is 0 Å². The quantitative estimate of drug-likeness (QED) is 0.743. The zero-order chi connectivity index (χ0) is 11.5. The number of carboxylic acid groups (broad SMARTS) is 1. The zero-order valence-corrected chi connectivity index (χ0v) is 10.0. The molecule has 15 heavy (non-hydrogen) atoms. The minimum absolute atomic E-state index is 0.0819. The Hall–Kier alpha value is -0.260. The lowest BCUT2D eigenvalue weighted by molar-refractivity contribution is -0.148. The number of ether oxygens (including phenoxy) is 1. The highest BCUT2D eigenvalue weighted by Gasteiger charge is 2.30. The SMILES string of the molecule is CC(C)(N)CSCC1CCC(C(=O)O)O1. The average Bonchev–Trinajstić information content (AvgIpc) is 2.50. The van der Waals surface area contributed by atoms with E-state index in [0.29, 0.717) is 6.42 Å². The van der Waals surface area contributed by atoms with Crippen LogP contribution < -0.4 is 5.73 Å². The zero-order valence-electron chi connectivity index (χ0n) is 9.23. The van der Waals surface area contributed by atoms with Gasteiger partial charge in [-0.3, -0.25) is 0 Å². The van der Waals surface area contributed by atoms with E-state index in [1.807, 2.05) is 13.8 Å². The molecule has 0 saturated carbocycles. The summed E-state index contributed by atoms with van der Waals surface area (Å²) >= 11 is 1.73. The summed E-state index contributed by atoms with van der Waals surface area (Å²) in [5.41, 5.74) is 5.67. The molecule has 3 N–H and O–H groups in total. The van der Waals surface area contributed by atoms with Crippen LogP contribution in [0.5, 0.6) is 0 Å². The molecule has 4 nitrogen and oxygen atoms in total. The molecule has 1 rings (SSSR count). The lowest BCUT2D eigenvalue weighted by Gasteiger charge is -2.19. The monoisotopic (exact) mass is 233 g/mol. The maximum absolute atomic E-state index is 10.6. The Bertz CT molecular complexity index is 227. The summed E-state index contributed by atoms with van der Waals surface area (Å²) in [6, 6.07) is 0. The van der Waals surface area contributed by atoms with Gasteiger partial charge in [0.2, 0.25) is 0 Å². The molecule has 1 aliphatic heterocycles. The second kappa shape index (κ2) is 5.18. The van der Waals surface area contributed by atoms with E-state index in [1.165, 1.54) is 0 Å². The molecule has 0 bridgehead atoms. The van der Waals surface area contributed by atoms with Gasteiger partial charge in [0.15, 0.2) is 6.10 Å². The van der Waals surface area contributed by atoms with E-state index < -0.39 is 12.1 Å². The van der Waals surface area contributed by atoms with Gasteiger partial charge in [-0.25, -0.2) is 4.79 Å². The van der Waals surface area contributed by atoms with Crippen molar-refractivity contribution >= 4 is 17.7 Å². The first kappa shape index (κ1) is 12.8. The van der Waals surface area contributed by atoms with Crippen LogP contribution in [0.3, 0.4) is 0 Å². The predicted molar refractivity (Wildman–Crippen MR) is 61.1 cm³/mol. The summed E-state index contributed by atoms with van der Waals surface area (Å²) in [6.45, 7) is 3.96. The van der Waals surface area contributed by atoms with Crippen LogP contribution in [0.25, 0.3) is 0 Å². The smallest absolute Gasteiger partial charge is 0.332 e. The minimum Gasteiger partial charge on any atom is -0.479 e. The van der Waals surface area contributed by atoms with Gasteiger partial charge in [0, 0.05) is 17.0 Å². The fourth-order valence-corrected chi connectivity index (χ4v) is 2.62. The van der Waals surface area contributed by atoms with E-state index in [9.17, 15) is 4.79 Å². The maximum Gasteiger partial charge on any atom is 0.332 e. The van der Waals surface area contributed by atoms with Crippen molar-refractivity contribution in [3.8, 4) is 0 Å². The third-order valence-electron chi connectivity index (χ3n) is 2.16. The van der Waals surface area contributed by atoms with Crippen molar-refractivity contribution in [2.24, 2.45) is 5.73 Å². The summed E-state index contributed by atoms with van der Waals surface area (Å²) in [7, 11) is 0. The van der Waals surface area contributed by atoms with Crippen LogP contribution in [-0.2, 0) is 9.53 Å². The fraction of sp³-hybridized carbons (Fsp3) is 0.900. The number of aliphatic carboxylic acids is 1. The Morgan fingerprint density at radius 3 is 2.73 bits per heavy atom.